The van der Waals surface area contributed by atoms with E-state index in [1.807, 2.05) is 31.2 Å². The summed E-state index contributed by atoms with van der Waals surface area (Å²) in [7, 11) is 1.67. The van der Waals surface area contributed by atoms with Gasteiger partial charge in [-0.05, 0) is 36.8 Å². The van der Waals surface area contributed by atoms with Gasteiger partial charge in [0.25, 0.3) is 0 Å². The Hall–Kier alpha value is -2.10. The monoisotopic (exact) mass is 229 g/mol. The van der Waals surface area contributed by atoms with Gasteiger partial charge in [0.05, 0.1) is 19.3 Å². The molecule has 0 unspecified atom stereocenters. The predicted octanol–water partition coefficient (Wildman–Crippen LogP) is 2.41. The van der Waals surface area contributed by atoms with Crippen LogP contribution in [0.2, 0.25) is 0 Å². The molecule has 0 spiro atoms. The van der Waals surface area contributed by atoms with E-state index in [-0.39, 0.29) is 0 Å². The molecular formula is C13H15N3O. The Morgan fingerprint density at radius 3 is 2.82 bits per heavy atom. The summed E-state index contributed by atoms with van der Waals surface area (Å²) >= 11 is 0. The summed E-state index contributed by atoms with van der Waals surface area (Å²) < 4.78 is 5.16. The summed E-state index contributed by atoms with van der Waals surface area (Å²) in [5.41, 5.74) is 3.21. The second-order valence-corrected chi connectivity index (χ2v) is 3.74. The van der Waals surface area contributed by atoms with E-state index in [4.69, 9.17) is 4.74 Å². The van der Waals surface area contributed by atoms with Crippen molar-refractivity contribution in [2.75, 3.05) is 12.4 Å². The third-order valence-electron chi connectivity index (χ3n) is 2.54. The zero-order valence-electron chi connectivity index (χ0n) is 9.97. The third-order valence-corrected chi connectivity index (χ3v) is 2.54. The van der Waals surface area contributed by atoms with Crippen molar-refractivity contribution in [3.8, 4) is 5.75 Å². The molecule has 1 aromatic carbocycles. The highest BCUT2D eigenvalue weighted by Gasteiger charge is 2.00. The van der Waals surface area contributed by atoms with Crippen LogP contribution in [0.3, 0.4) is 0 Å². The van der Waals surface area contributed by atoms with Crippen molar-refractivity contribution >= 4 is 5.69 Å². The number of hydrogen-bond acceptors (Lipinski definition) is 4. The van der Waals surface area contributed by atoms with E-state index < -0.39 is 0 Å². The number of benzene rings is 1. The first-order chi connectivity index (χ1) is 8.29. The number of nitrogens with zero attached hydrogens (tertiary/aromatic N) is 2. The Morgan fingerprint density at radius 2 is 2.18 bits per heavy atom. The first-order valence-corrected chi connectivity index (χ1v) is 5.43. The zero-order chi connectivity index (χ0) is 12.1. The van der Waals surface area contributed by atoms with Crippen LogP contribution in [0.5, 0.6) is 5.75 Å². The van der Waals surface area contributed by atoms with Crippen LogP contribution in [-0.2, 0) is 6.54 Å². The second-order valence-electron chi connectivity index (χ2n) is 3.74. The van der Waals surface area contributed by atoms with Crippen molar-refractivity contribution in [1.82, 2.24) is 9.97 Å². The van der Waals surface area contributed by atoms with Gasteiger partial charge >= 0.3 is 0 Å². The molecule has 0 fully saturated rings. The first-order valence-electron chi connectivity index (χ1n) is 5.43. The highest BCUT2D eigenvalue weighted by Crippen LogP contribution is 2.21. The van der Waals surface area contributed by atoms with Crippen LogP contribution in [-0.4, -0.2) is 17.1 Å². The molecule has 2 aromatic rings. The SMILES string of the molecule is COc1ccc(NCc2ccncn2)c(C)c1. The van der Waals surface area contributed by atoms with E-state index in [9.17, 15) is 0 Å². The molecule has 17 heavy (non-hydrogen) atoms. The van der Waals surface area contributed by atoms with Crippen LogP contribution in [0.1, 0.15) is 11.3 Å². The largest absolute Gasteiger partial charge is 0.497 e. The van der Waals surface area contributed by atoms with Crippen molar-refractivity contribution in [3.05, 3.63) is 48.0 Å². The average Bonchev–Trinajstić information content (AvgIpc) is 2.38. The van der Waals surface area contributed by atoms with Crippen LogP contribution < -0.4 is 10.1 Å². The van der Waals surface area contributed by atoms with Gasteiger partial charge < -0.3 is 10.1 Å². The van der Waals surface area contributed by atoms with Crippen LogP contribution >= 0.6 is 0 Å². The second kappa shape index (κ2) is 5.30. The summed E-state index contributed by atoms with van der Waals surface area (Å²) in [6.07, 6.45) is 3.29. The van der Waals surface area contributed by atoms with Gasteiger partial charge in [-0.2, -0.15) is 0 Å². The number of aromatic nitrogens is 2. The smallest absolute Gasteiger partial charge is 0.119 e. The highest BCUT2D eigenvalue weighted by molar-refractivity contribution is 5.53. The predicted molar refractivity (Wildman–Crippen MR) is 67.1 cm³/mol. The quantitative estimate of drug-likeness (QED) is 0.874. The molecule has 0 amide bonds. The van der Waals surface area contributed by atoms with Gasteiger partial charge in [-0.1, -0.05) is 0 Å². The maximum absolute atomic E-state index is 5.16. The number of hydrogen-bond donors (Lipinski definition) is 1. The maximum Gasteiger partial charge on any atom is 0.119 e. The summed E-state index contributed by atoms with van der Waals surface area (Å²) in [4.78, 5) is 8.04. The molecular weight excluding hydrogens is 214 g/mol. The Bertz CT molecular complexity index is 485. The molecule has 0 radical (unpaired) electrons. The van der Waals surface area contributed by atoms with E-state index in [1.54, 1.807) is 19.6 Å². The summed E-state index contributed by atoms with van der Waals surface area (Å²) in [6.45, 7) is 2.74. The Balaban J connectivity index is 2.04. The lowest BCUT2D eigenvalue weighted by molar-refractivity contribution is 0.414. The Labute approximate surface area is 101 Å². The molecule has 0 saturated carbocycles. The van der Waals surface area contributed by atoms with Gasteiger partial charge in [-0.25, -0.2) is 9.97 Å². The fraction of sp³-hybridized carbons (Fsp3) is 0.231. The molecule has 1 aromatic heterocycles. The number of aryl methyl sites for hydroxylation is 1. The molecule has 1 heterocycles. The lowest BCUT2D eigenvalue weighted by atomic mass is 10.2. The van der Waals surface area contributed by atoms with Gasteiger partial charge in [0.1, 0.15) is 12.1 Å². The molecule has 2 rings (SSSR count). The van der Waals surface area contributed by atoms with E-state index in [0.717, 1.165) is 22.7 Å². The van der Waals surface area contributed by atoms with Crippen molar-refractivity contribution in [2.45, 2.75) is 13.5 Å². The topological polar surface area (TPSA) is 47.0 Å². The lowest BCUT2D eigenvalue weighted by Crippen LogP contribution is -2.03. The summed E-state index contributed by atoms with van der Waals surface area (Å²) in [5, 5.41) is 3.33. The van der Waals surface area contributed by atoms with E-state index >= 15 is 0 Å². The minimum Gasteiger partial charge on any atom is -0.497 e. The highest BCUT2D eigenvalue weighted by atomic mass is 16.5. The fourth-order valence-corrected chi connectivity index (χ4v) is 1.57. The van der Waals surface area contributed by atoms with Gasteiger partial charge in [0, 0.05) is 11.9 Å². The minimum absolute atomic E-state index is 0.690. The molecule has 4 nitrogen and oxygen atoms in total. The number of anilines is 1. The molecule has 0 aliphatic carbocycles. The molecule has 0 saturated heterocycles. The van der Waals surface area contributed by atoms with Gasteiger partial charge in [-0.3, -0.25) is 0 Å². The van der Waals surface area contributed by atoms with E-state index in [1.165, 1.54) is 0 Å². The molecule has 88 valence electrons. The van der Waals surface area contributed by atoms with Crippen molar-refractivity contribution in [2.24, 2.45) is 0 Å². The number of rotatable bonds is 4. The Morgan fingerprint density at radius 1 is 1.29 bits per heavy atom. The lowest BCUT2D eigenvalue weighted by Gasteiger charge is -2.10. The average molecular weight is 229 g/mol. The molecule has 4 heteroatoms. The van der Waals surface area contributed by atoms with E-state index in [2.05, 4.69) is 15.3 Å². The Kier molecular flexibility index (Phi) is 3.55. The number of nitrogens with one attached hydrogen (secondary N) is 1. The van der Waals surface area contributed by atoms with Crippen molar-refractivity contribution in [3.63, 3.8) is 0 Å². The van der Waals surface area contributed by atoms with Gasteiger partial charge in [0.15, 0.2) is 0 Å². The molecule has 0 aliphatic heterocycles. The summed E-state index contributed by atoms with van der Waals surface area (Å²) in [5.74, 6) is 0.870. The third kappa shape index (κ3) is 2.93. The van der Waals surface area contributed by atoms with Crippen LogP contribution in [0, 0.1) is 6.92 Å². The minimum atomic E-state index is 0.690. The first kappa shape index (κ1) is 11.4. The molecule has 0 bridgehead atoms. The van der Waals surface area contributed by atoms with Crippen molar-refractivity contribution < 1.29 is 4.74 Å². The van der Waals surface area contributed by atoms with Gasteiger partial charge in [0.2, 0.25) is 0 Å². The standard InChI is InChI=1S/C13H15N3O/c1-10-7-12(17-2)3-4-13(10)15-8-11-5-6-14-9-16-11/h3-7,9,15H,8H2,1-2H3. The number of methoxy groups -OCH3 is 1. The van der Waals surface area contributed by atoms with Crippen LogP contribution in [0.25, 0.3) is 0 Å². The normalized spacial score (nSPS) is 10.0. The summed E-state index contributed by atoms with van der Waals surface area (Å²) in [6, 6.07) is 7.85. The molecule has 0 atom stereocenters. The van der Waals surface area contributed by atoms with E-state index in [0.29, 0.717) is 6.54 Å². The fourth-order valence-electron chi connectivity index (χ4n) is 1.57. The van der Waals surface area contributed by atoms with Crippen molar-refractivity contribution in [1.29, 1.82) is 0 Å². The molecule has 1 N–H and O–H groups in total. The maximum atomic E-state index is 5.16. The van der Waals surface area contributed by atoms with Crippen LogP contribution in [0.4, 0.5) is 5.69 Å². The van der Waals surface area contributed by atoms with Gasteiger partial charge in [-0.15, -0.1) is 0 Å². The molecule has 0 aliphatic rings. The zero-order valence-corrected chi connectivity index (χ0v) is 9.97. The number of ether oxygens (including phenoxy) is 1. The van der Waals surface area contributed by atoms with Crippen LogP contribution in [0.15, 0.2) is 36.8 Å².